The van der Waals surface area contributed by atoms with E-state index in [4.69, 9.17) is 21.1 Å². The third-order valence-corrected chi connectivity index (χ3v) is 10.4. The normalized spacial score (nSPS) is 27.7. The predicted molar refractivity (Wildman–Crippen MR) is 170 cm³/mol. The van der Waals surface area contributed by atoms with Crippen LogP contribution in [0.3, 0.4) is 0 Å². The van der Waals surface area contributed by atoms with Gasteiger partial charge in [-0.1, -0.05) is 24.1 Å². The quantitative estimate of drug-likeness (QED) is 0.328. The van der Waals surface area contributed by atoms with Gasteiger partial charge in [-0.05, 0) is 55.8 Å². The predicted octanol–water partition coefficient (Wildman–Crippen LogP) is 4.55. The largest absolute Gasteiger partial charge is 0.461 e. The van der Waals surface area contributed by atoms with E-state index in [2.05, 4.69) is 60.4 Å². The Morgan fingerprint density at radius 1 is 1.14 bits per heavy atom. The second-order valence-electron chi connectivity index (χ2n) is 13.1. The lowest BCUT2D eigenvalue weighted by atomic mass is 9.95. The molecule has 2 bridgehead atoms. The van der Waals surface area contributed by atoms with E-state index in [-0.39, 0.29) is 5.54 Å². The van der Waals surface area contributed by atoms with Crippen molar-refractivity contribution in [3.8, 4) is 18.4 Å². The maximum Gasteiger partial charge on any atom is 0.320 e. The average molecular weight is 591 g/mol. The van der Waals surface area contributed by atoms with Crippen molar-refractivity contribution in [3.05, 3.63) is 47.7 Å². The zero-order chi connectivity index (χ0) is 29.4. The molecule has 44 heavy (non-hydrogen) atoms. The molecule has 0 radical (unpaired) electrons. The molecule has 9 rings (SSSR count). The van der Waals surface area contributed by atoms with Crippen LogP contribution >= 0.6 is 0 Å². The van der Waals surface area contributed by atoms with Crippen LogP contribution in [0.1, 0.15) is 43.2 Å². The van der Waals surface area contributed by atoms with E-state index in [1.807, 2.05) is 18.3 Å². The van der Waals surface area contributed by atoms with Crippen LogP contribution in [-0.2, 0) is 0 Å². The van der Waals surface area contributed by atoms with E-state index < -0.39 is 6.17 Å². The molecule has 0 aliphatic carbocycles. The minimum Gasteiger partial charge on any atom is -0.461 e. The van der Waals surface area contributed by atoms with Gasteiger partial charge >= 0.3 is 6.01 Å². The highest BCUT2D eigenvalue weighted by Gasteiger charge is 2.49. The summed E-state index contributed by atoms with van der Waals surface area (Å²) in [5, 5.41) is 14.3. The van der Waals surface area contributed by atoms with Crippen molar-refractivity contribution in [1.29, 1.82) is 0 Å². The standard InChI is InChI=1S/C34H35FN8O/c1-2-21-6-3-7-22-14-28-27(16-36-40-28)30(29(21)22)43-13-4-8-26-31(41-18-24-9-10-25(19-41)37-24)38-33(39-32(26)43)44-20-34-11-5-12-42(34)17-23(35)15-34/h1,3-4,6-8,14,16,23-25,37H,5,9-13,15,17-20H2,(H,36,40)/t23-,24-,25+,34+/m1/s1. The summed E-state index contributed by atoms with van der Waals surface area (Å²) in [6, 6.07) is 9.40. The number of H-pyrrole nitrogens is 1. The van der Waals surface area contributed by atoms with Crippen LogP contribution in [0.25, 0.3) is 27.8 Å². The van der Waals surface area contributed by atoms with Gasteiger partial charge in [0, 0.05) is 61.0 Å². The number of nitrogens with one attached hydrogen (secondary N) is 2. The lowest BCUT2D eigenvalue weighted by Crippen LogP contribution is -2.51. The molecule has 2 aromatic heterocycles. The highest BCUT2D eigenvalue weighted by atomic mass is 19.1. The molecule has 10 heteroatoms. The fourth-order valence-corrected chi connectivity index (χ4v) is 8.50. The molecule has 5 aliphatic heterocycles. The number of nitrogens with zero attached hydrogens (tertiary/aromatic N) is 6. The molecular weight excluding hydrogens is 555 g/mol. The highest BCUT2D eigenvalue weighted by molar-refractivity contribution is 6.14. The molecule has 9 nitrogen and oxygen atoms in total. The lowest BCUT2D eigenvalue weighted by Gasteiger charge is -2.37. The van der Waals surface area contributed by atoms with E-state index in [0.29, 0.717) is 44.2 Å². The van der Waals surface area contributed by atoms with Gasteiger partial charge in [-0.15, -0.1) is 6.42 Å². The van der Waals surface area contributed by atoms with Crippen LogP contribution < -0.4 is 19.9 Å². The molecule has 4 fully saturated rings. The van der Waals surface area contributed by atoms with Crippen LogP contribution in [0.15, 0.2) is 36.5 Å². The smallest absolute Gasteiger partial charge is 0.320 e. The van der Waals surface area contributed by atoms with Crippen molar-refractivity contribution in [1.82, 2.24) is 30.4 Å². The Morgan fingerprint density at radius 2 is 2.00 bits per heavy atom. The Morgan fingerprint density at radius 3 is 2.86 bits per heavy atom. The van der Waals surface area contributed by atoms with Crippen LogP contribution in [0, 0.1) is 12.3 Å². The minimum atomic E-state index is -0.815. The van der Waals surface area contributed by atoms with Gasteiger partial charge in [0.2, 0.25) is 0 Å². The maximum absolute atomic E-state index is 14.6. The Kier molecular flexibility index (Phi) is 5.91. The molecule has 4 aromatic rings. The van der Waals surface area contributed by atoms with Gasteiger partial charge in [0.1, 0.15) is 24.4 Å². The van der Waals surface area contributed by atoms with Crippen LogP contribution in [0.4, 0.5) is 21.7 Å². The third kappa shape index (κ3) is 4.02. The van der Waals surface area contributed by atoms with Crippen molar-refractivity contribution < 1.29 is 9.13 Å². The summed E-state index contributed by atoms with van der Waals surface area (Å²) in [7, 11) is 0. The summed E-state index contributed by atoms with van der Waals surface area (Å²) < 4.78 is 21.1. The van der Waals surface area contributed by atoms with Crippen molar-refractivity contribution in [2.75, 3.05) is 49.1 Å². The van der Waals surface area contributed by atoms with Crippen molar-refractivity contribution in [2.24, 2.45) is 0 Å². The Labute approximate surface area is 255 Å². The van der Waals surface area contributed by atoms with Gasteiger partial charge in [0.15, 0.2) is 0 Å². The van der Waals surface area contributed by atoms with Crippen molar-refractivity contribution in [2.45, 2.75) is 55.9 Å². The number of benzene rings is 2. The first-order chi connectivity index (χ1) is 21.6. The number of alkyl halides is 1. The molecular formula is C34H35FN8O. The summed E-state index contributed by atoms with van der Waals surface area (Å²) in [5.41, 5.74) is 3.42. The summed E-state index contributed by atoms with van der Waals surface area (Å²) in [6.45, 7) is 4.17. The first-order valence-electron chi connectivity index (χ1n) is 15.8. The number of hydrogen-bond donors (Lipinski definition) is 2. The minimum absolute atomic E-state index is 0.285. The van der Waals surface area contributed by atoms with E-state index in [1.165, 1.54) is 12.8 Å². The number of anilines is 3. The van der Waals surface area contributed by atoms with Crippen LogP contribution in [0.5, 0.6) is 6.01 Å². The summed E-state index contributed by atoms with van der Waals surface area (Å²) in [5.74, 6) is 4.59. The number of ether oxygens (including phenoxy) is 1. The van der Waals surface area contributed by atoms with Gasteiger partial charge < -0.3 is 19.9 Å². The molecule has 0 saturated carbocycles. The van der Waals surface area contributed by atoms with E-state index in [0.717, 1.165) is 82.6 Å². The molecule has 224 valence electrons. The first-order valence-corrected chi connectivity index (χ1v) is 15.8. The molecule has 2 aromatic carbocycles. The monoisotopic (exact) mass is 590 g/mol. The number of halogens is 1. The lowest BCUT2D eigenvalue weighted by molar-refractivity contribution is 0.107. The second-order valence-corrected chi connectivity index (χ2v) is 13.1. The van der Waals surface area contributed by atoms with Gasteiger partial charge in [-0.25, -0.2) is 4.39 Å². The molecule has 4 saturated heterocycles. The SMILES string of the molecule is C#Cc1cccc2cc3[nH]ncc3c(N3CC=Cc4c(N5C[C@H]6CC[C@@H](C5)N6)nc(OC[C@@]56CCCN5C[C@H](F)C6)nc43)c12. The maximum atomic E-state index is 14.6. The summed E-state index contributed by atoms with van der Waals surface area (Å²) in [6.07, 6.45) is 16.3. The Balaban J connectivity index is 1.20. The number of fused-ring (bicyclic) bond motifs is 6. The summed E-state index contributed by atoms with van der Waals surface area (Å²) in [4.78, 5) is 17.1. The number of aromatic amines is 1. The Hall–Kier alpha value is -4.20. The number of aromatic nitrogens is 4. The van der Waals surface area contributed by atoms with E-state index in [1.54, 1.807) is 0 Å². The van der Waals surface area contributed by atoms with E-state index in [9.17, 15) is 4.39 Å². The first kappa shape index (κ1) is 26.2. The number of rotatable bonds is 5. The molecule has 0 unspecified atom stereocenters. The third-order valence-electron chi connectivity index (χ3n) is 10.4. The van der Waals surface area contributed by atoms with Gasteiger partial charge in [-0.2, -0.15) is 15.1 Å². The van der Waals surface area contributed by atoms with Crippen LogP contribution in [0.2, 0.25) is 0 Å². The van der Waals surface area contributed by atoms with Gasteiger partial charge in [0.05, 0.1) is 28.5 Å². The molecule has 0 spiro atoms. The molecule has 4 atom stereocenters. The molecule has 7 heterocycles. The number of hydrogen-bond acceptors (Lipinski definition) is 8. The average Bonchev–Trinajstić information content (AvgIpc) is 3.81. The molecule has 2 N–H and O–H groups in total. The molecule has 5 aliphatic rings. The topological polar surface area (TPSA) is 85.4 Å². The Bertz CT molecular complexity index is 1850. The fourth-order valence-electron chi connectivity index (χ4n) is 8.50. The fraction of sp³-hybridized carbons (Fsp3) is 0.441. The van der Waals surface area contributed by atoms with E-state index >= 15 is 0 Å². The summed E-state index contributed by atoms with van der Waals surface area (Å²) >= 11 is 0. The number of piperazine rings is 1. The van der Waals surface area contributed by atoms with Gasteiger partial charge in [-0.3, -0.25) is 10.00 Å². The second kappa shape index (κ2) is 9.91. The molecule has 0 amide bonds. The van der Waals surface area contributed by atoms with Crippen LogP contribution in [-0.4, -0.2) is 88.2 Å². The van der Waals surface area contributed by atoms with Crippen molar-refractivity contribution >= 4 is 45.1 Å². The number of terminal acetylenes is 1. The highest BCUT2D eigenvalue weighted by Crippen LogP contribution is 2.45. The van der Waals surface area contributed by atoms with Crippen molar-refractivity contribution in [3.63, 3.8) is 0 Å². The zero-order valence-electron chi connectivity index (χ0n) is 24.6. The van der Waals surface area contributed by atoms with Gasteiger partial charge in [0.25, 0.3) is 0 Å². The zero-order valence-corrected chi connectivity index (χ0v) is 24.6.